The van der Waals surface area contributed by atoms with Crippen LogP contribution < -0.4 is 4.90 Å². The second-order valence-electron chi connectivity index (χ2n) is 9.30. The summed E-state index contributed by atoms with van der Waals surface area (Å²) in [7, 11) is 0. The molecule has 184 valence electrons. The van der Waals surface area contributed by atoms with Crippen LogP contribution in [0.15, 0.2) is 84.4 Å². The Morgan fingerprint density at radius 3 is 2.56 bits per heavy atom. The average Bonchev–Trinajstić information content (AvgIpc) is 3.58. The molecule has 5 nitrogen and oxygen atoms in total. The van der Waals surface area contributed by atoms with Crippen molar-refractivity contribution < 1.29 is 9.59 Å². The number of aromatic nitrogens is 1. The zero-order valence-electron chi connectivity index (χ0n) is 20.8. The molecule has 1 aliphatic rings. The van der Waals surface area contributed by atoms with Crippen LogP contribution in [-0.4, -0.2) is 34.4 Å². The third-order valence-electron chi connectivity index (χ3n) is 6.71. The van der Waals surface area contributed by atoms with Crippen molar-refractivity contribution in [1.29, 1.82) is 0 Å². The number of hydrogen-bond donors (Lipinski definition) is 0. The molecule has 2 aromatic carbocycles. The summed E-state index contributed by atoms with van der Waals surface area (Å²) in [6.45, 7) is 4.81. The first-order chi connectivity index (χ1) is 17.6. The number of hydrogen-bond acceptors (Lipinski definition) is 3. The predicted molar refractivity (Wildman–Crippen MR) is 146 cm³/mol. The molecule has 1 atom stereocenters. The van der Waals surface area contributed by atoms with Gasteiger partial charge in [0.25, 0.3) is 0 Å². The van der Waals surface area contributed by atoms with Crippen LogP contribution in [0.3, 0.4) is 0 Å². The fourth-order valence-electron chi connectivity index (χ4n) is 4.97. The second-order valence-corrected chi connectivity index (χ2v) is 10.3. The van der Waals surface area contributed by atoms with E-state index in [4.69, 9.17) is 0 Å². The van der Waals surface area contributed by atoms with Crippen molar-refractivity contribution in [3.05, 3.63) is 106 Å². The van der Waals surface area contributed by atoms with Gasteiger partial charge in [-0.3, -0.25) is 14.5 Å². The van der Waals surface area contributed by atoms with Crippen molar-refractivity contribution in [2.75, 3.05) is 18.0 Å². The quantitative estimate of drug-likeness (QED) is 0.293. The lowest BCUT2D eigenvalue weighted by Crippen LogP contribution is -2.47. The number of thiophene rings is 1. The fraction of sp³-hybridized carbons (Fsp3) is 0.267. The molecule has 2 aromatic heterocycles. The summed E-state index contributed by atoms with van der Waals surface area (Å²) >= 11 is 1.58. The summed E-state index contributed by atoms with van der Waals surface area (Å²) in [5, 5.41) is 1.98. The zero-order valence-corrected chi connectivity index (χ0v) is 21.6. The van der Waals surface area contributed by atoms with Gasteiger partial charge in [0.05, 0.1) is 23.5 Å². The van der Waals surface area contributed by atoms with E-state index < -0.39 is 0 Å². The molecular formula is C30H31N3O2S. The van der Waals surface area contributed by atoms with Gasteiger partial charge in [0.2, 0.25) is 11.8 Å². The molecule has 0 aliphatic carbocycles. The van der Waals surface area contributed by atoms with Gasteiger partial charge < -0.3 is 9.47 Å². The maximum Gasteiger partial charge on any atom is 0.247 e. The van der Waals surface area contributed by atoms with Crippen molar-refractivity contribution in [2.24, 2.45) is 0 Å². The molecule has 6 heteroatoms. The highest BCUT2D eigenvalue weighted by Crippen LogP contribution is 2.42. The highest BCUT2D eigenvalue weighted by molar-refractivity contribution is 7.10. The lowest BCUT2D eigenvalue weighted by atomic mass is 9.96. The van der Waals surface area contributed by atoms with E-state index in [0.717, 1.165) is 45.9 Å². The van der Waals surface area contributed by atoms with Crippen molar-refractivity contribution in [3.63, 3.8) is 0 Å². The third-order valence-corrected chi connectivity index (χ3v) is 7.59. The van der Waals surface area contributed by atoms with Crippen molar-refractivity contribution in [3.8, 4) is 5.69 Å². The van der Waals surface area contributed by atoms with E-state index >= 15 is 0 Å². The standard InChI is InChI=1S/C30H31N3O2S/c1-3-4-16-31(28(34)20-24-12-9-18-36-24)21-29(35)33-26-14-6-5-13-25(26)32-17-8-15-27(32)30(33)23-11-7-10-22(2)19-23/h5-15,17-19,30H,3-4,16,20-21H2,1-2H3. The second kappa shape index (κ2) is 10.5. The van der Waals surface area contributed by atoms with Gasteiger partial charge in [-0.15, -0.1) is 11.3 Å². The molecule has 1 unspecified atom stereocenters. The van der Waals surface area contributed by atoms with Crippen LogP contribution in [0.25, 0.3) is 5.69 Å². The van der Waals surface area contributed by atoms with Crippen molar-refractivity contribution >= 4 is 28.8 Å². The van der Waals surface area contributed by atoms with Crippen LogP contribution in [0.2, 0.25) is 0 Å². The monoisotopic (exact) mass is 497 g/mol. The minimum atomic E-state index is -0.275. The molecule has 0 saturated heterocycles. The molecule has 5 rings (SSSR count). The topological polar surface area (TPSA) is 45.6 Å². The normalized spacial score (nSPS) is 14.3. The smallest absolute Gasteiger partial charge is 0.247 e. The van der Waals surface area contributed by atoms with E-state index in [2.05, 4.69) is 48.9 Å². The lowest BCUT2D eigenvalue weighted by Gasteiger charge is -2.39. The van der Waals surface area contributed by atoms with E-state index in [1.165, 1.54) is 0 Å². The zero-order chi connectivity index (χ0) is 25.1. The lowest BCUT2D eigenvalue weighted by molar-refractivity contribution is -0.134. The summed E-state index contributed by atoms with van der Waals surface area (Å²) in [4.78, 5) is 32.1. The summed E-state index contributed by atoms with van der Waals surface area (Å²) < 4.78 is 2.17. The molecule has 1 aliphatic heterocycles. The number of unbranched alkanes of at least 4 members (excludes halogenated alkanes) is 1. The number of fused-ring (bicyclic) bond motifs is 3. The van der Waals surface area contributed by atoms with Gasteiger partial charge in [-0.05, 0) is 54.6 Å². The SMILES string of the molecule is CCCCN(CC(=O)N1c2ccccc2-n2cccc2C1c1cccc(C)c1)C(=O)Cc1cccs1. The first-order valence-electron chi connectivity index (χ1n) is 12.5. The number of anilines is 1. The Kier molecular flexibility index (Phi) is 7.05. The van der Waals surface area contributed by atoms with Crippen LogP contribution in [0.5, 0.6) is 0 Å². The summed E-state index contributed by atoms with van der Waals surface area (Å²) in [6, 6.07) is 24.1. The van der Waals surface area contributed by atoms with Crippen molar-refractivity contribution in [1.82, 2.24) is 9.47 Å². The van der Waals surface area contributed by atoms with Crippen LogP contribution in [0.4, 0.5) is 5.69 Å². The molecule has 0 saturated carbocycles. The Morgan fingerprint density at radius 2 is 1.81 bits per heavy atom. The van der Waals surface area contributed by atoms with E-state index in [0.29, 0.717) is 13.0 Å². The largest absolute Gasteiger partial charge is 0.333 e. The number of para-hydroxylation sites is 2. The molecule has 2 amide bonds. The highest BCUT2D eigenvalue weighted by atomic mass is 32.1. The fourth-order valence-corrected chi connectivity index (χ4v) is 5.67. The van der Waals surface area contributed by atoms with E-state index in [9.17, 15) is 9.59 Å². The average molecular weight is 498 g/mol. The summed E-state index contributed by atoms with van der Waals surface area (Å²) in [5.41, 5.74) is 5.08. The number of nitrogens with zero attached hydrogens (tertiary/aromatic N) is 3. The van der Waals surface area contributed by atoms with Gasteiger partial charge in [-0.1, -0.05) is 61.4 Å². The van der Waals surface area contributed by atoms with Crippen LogP contribution in [-0.2, 0) is 16.0 Å². The van der Waals surface area contributed by atoms with E-state index in [1.807, 2.05) is 58.8 Å². The minimum Gasteiger partial charge on any atom is -0.333 e. The Labute approximate surface area is 216 Å². The van der Waals surface area contributed by atoms with Gasteiger partial charge in [0, 0.05) is 17.6 Å². The van der Waals surface area contributed by atoms with Crippen LogP contribution >= 0.6 is 11.3 Å². The van der Waals surface area contributed by atoms with Crippen LogP contribution in [0.1, 0.15) is 47.5 Å². The first kappa shape index (κ1) is 24.1. The Balaban J connectivity index is 1.52. The maximum atomic E-state index is 14.2. The number of benzene rings is 2. The molecule has 0 fully saturated rings. The molecule has 36 heavy (non-hydrogen) atoms. The molecular weight excluding hydrogens is 466 g/mol. The molecule has 3 heterocycles. The first-order valence-corrected chi connectivity index (χ1v) is 13.4. The van der Waals surface area contributed by atoms with E-state index in [1.54, 1.807) is 16.2 Å². The summed E-state index contributed by atoms with van der Waals surface area (Å²) in [5.74, 6) is -0.0722. The van der Waals surface area contributed by atoms with Gasteiger partial charge >= 0.3 is 0 Å². The number of carbonyl (C=O) groups is 2. The Hall–Kier alpha value is -3.64. The molecule has 0 bridgehead atoms. The Bertz CT molecular complexity index is 1360. The molecule has 0 radical (unpaired) electrons. The van der Waals surface area contributed by atoms with Gasteiger partial charge in [0.1, 0.15) is 12.6 Å². The number of aryl methyl sites for hydroxylation is 1. The Morgan fingerprint density at radius 1 is 0.972 bits per heavy atom. The molecule has 4 aromatic rings. The van der Waals surface area contributed by atoms with Crippen LogP contribution in [0, 0.1) is 6.92 Å². The molecule has 0 spiro atoms. The highest BCUT2D eigenvalue weighted by Gasteiger charge is 2.36. The summed E-state index contributed by atoms with van der Waals surface area (Å²) in [6.07, 6.45) is 4.21. The van der Waals surface area contributed by atoms with Gasteiger partial charge in [-0.25, -0.2) is 0 Å². The van der Waals surface area contributed by atoms with Gasteiger partial charge in [0.15, 0.2) is 0 Å². The predicted octanol–water partition coefficient (Wildman–Crippen LogP) is 6.15. The third kappa shape index (κ3) is 4.73. The number of amides is 2. The molecule has 0 N–H and O–H groups in total. The van der Waals surface area contributed by atoms with Crippen molar-refractivity contribution in [2.45, 2.75) is 39.2 Å². The maximum absolute atomic E-state index is 14.2. The minimum absolute atomic E-state index is 0.0000234. The number of rotatable bonds is 8. The van der Waals surface area contributed by atoms with E-state index in [-0.39, 0.29) is 24.4 Å². The van der Waals surface area contributed by atoms with Gasteiger partial charge in [-0.2, -0.15) is 0 Å². The number of carbonyl (C=O) groups excluding carboxylic acids is 2.